The third-order valence-corrected chi connectivity index (χ3v) is 4.54. The van der Waals surface area contributed by atoms with Gasteiger partial charge in [-0.05, 0) is 44.0 Å². The van der Waals surface area contributed by atoms with Gasteiger partial charge in [-0.1, -0.05) is 13.3 Å². The first-order chi connectivity index (χ1) is 10.1. The fourth-order valence-electron chi connectivity index (χ4n) is 3.53. The third kappa shape index (κ3) is 2.78. The Kier molecular flexibility index (Phi) is 3.91. The Bertz CT molecular complexity index is 545. The van der Waals surface area contributed by atoms with Gasteiger partial charge in [-0.3, -0.25) is 5.32 Å². The molecule has 0 radical (unpaired) electrons. The van der Waals surface area contributed by atoms with Crippen LogP contribution in [0.2, 0.25) is 0 Å². The molecule has 114 valence electrons. The summed E-state index contributed by atoms with van der Waals surface area (Å²) in [5.41, 5.74) is -0.754. The summed E-state index contributed by atoms with van der Waals surface area (Å²) in [6.45, 7) is 4.08. The van der Waals surface area contributed by atoms with Crippen molar-refractivity contribution in [2.75, 3.05) is 0 Å². The number of hydrogen-bond acceptors (Lipinski definition) is 4. The van der Waals surface area contributed by atoms with E-state index in [0.717, 1.165) is 24.4 Å². The number of hydrogen-bond donors (Lipinski definition) is 2. The normalized spacial score (nSPS) is 33.2. The quantitative estimate of drug-likeness (QED) is 0.898. The van der Waals surface area contributed by atoms with Gasteiger partial charge < -0.3 is 13.9 Å². The number of piperidine rings is 1. The lowest BCUT2D eigenvalue weighted by molar-refractivity contribution is -0.0695. The SMILES string of the molecule is CCC[C@@H]1[C@H](c2ccco2)N[C@H](c2ccco2)C[C@]1(C)O. The number of aliphatic hydroxyl groups is 1. The van der Waals surface area contributed by atoms with Crippen molar-refractivity contribution in [1.82, 2.24) is 5.32 Å². The van der Waals surface area contributed by atoms with Crippen LogP contribution in [0.5, 0.6) is 0 Å². The number of nitrogens with one attached hydrogen (secondary N) is 1. The van der Waals surface area contributed by atoms with Crippen LogP contribution in [0.25, 0.3) is 0 Å². The van der Waals surface area contributed by atoms with Crippen LogP contribution in [0.1, 0.15) is 56.7 Å². The molecule has 0 unspecified atom stereocenters. The summed E-state index contributed by atoms with van der Waals surface area (Å²) in [5.74, 6) is 1.87. The molecule has 4 nitrogen and oxygen atoms in total. The molecule has 0 aliphatic carbocycles. The minimum Gasteiger partial charge on any atom is -0.468 e. The van der Waals surface area contributed by atoms with Crippen LogP contribution in [0.4, 0.5) is 0 Å². The van der Waals surface area contributed by atoms with Crippen LogP contribution in [0.3, 0.4) is 0 Å². The van der Waals surface area contributed by atoms with E-state index in [2.05, 4.69) is 12.2 Å². The summed E-state index contributed by atoms with van der Waals surface area (Å²) < 4.78 is 11.1. The highest BCUT2D eigenvalue weighted by molar-refractivity contribution is 5.16. The first-order valence-electron chi connectivity index (χ1n) is 7.67. The molecule has 21 heavy (non-hydrogen) atoms. The summed E-state index contributed by atoms with van der Waals surface area (Å²) in [6.07, 6.45) is 5.99. The fraction of sp³-hybridized carbons (Fsp3) is 0.529. The van der Waals surface area contributed by atoms with E-state index in [4.69, 9.17) is 8.83 Å². The largest absolute Gasteiger partial charge is 0.468 e. The van der Waals surface area contributed by atoms with Crippen molar-refractivity contribution in [3.05, 3.63) is 48.3 Å². The standard InChI is InChI=1S/C17H23NO3/c1-3-6-12-16(15-8-5-10-21-15)18-13(11-17(12,2)19)14-7-4-9-20-14/h4-5,7-10,12-13,16,18-19H,3,6,11H2,1-2H3/t12-,13+,16-,17+/m1/s1. The van der Waals surface area contributed by atoms with Crippen molar-refractivity contribution >= 4 is 0 Å². The van der Waals surface area contributed by atoms with Crippen molar-refractivity contribution in [3.63, 3.8) is 0 Å². The monoisotopic (exact) mass is 289 g/mol. The van der Waals surface area contributed by atoms with Crippen LogP contribution < -0.4 is 5.32 Å². The van der Waals surface area contributed by atoms with Crippen LogP contribution in [0, 0.1) is 5.92 Å². The molecular weight excluding hydrogens is 266 g/mol. The molecule has 2 aromatic heterocycles. The molecule has 4 heteroatoms. The van der Waals surface area contributed by atoms with E-state index in [1.165, 1.54) is 0 Å². The molecule has 0 spiro atoms. The number of furan rings is 2. The fourth-order valence-corrected chi connectivity index (χ4v) is 3.53. The highest BCUT2D eigenvalue weighted by atomic mass is 16.3. The predicted molar refractivity (Wildman–Crippen MR) is 79.7 cm³/mol. The van der Waals surface area contributed by atoms with E-state index in [-0.39, 0.29) is 18.0 Å². The maximum Gasteiger partial charge on any atom is 0.121 e. The molecule has 1 aliphatic rings. The molecular formula is C17H23NO3. The molecule has 3 rings (SSSR count). The topological polar surface area (TPSA) is 58.5 Å². The Morgan fingerprint density at radius 1 is 1.24 bits per heavy atom. The Morgan fingerprint density at radius 3 is 2.48 bits per heavy atom. The molecule has 2 aromatic rings. The second kappa shape index (κ2) is 5.70. The maximum atomic E-state index is 11.0. The summed E-state index contributed by atoms with van der Waals surface area (Å²) in [7, 11) is 0. The van der Waals surface area contributed by atoms with E-state index >= 15 is 0 Å². The predicted octanol–water partition coefficient (Wildman–Crippen LogP) is 3.82. The summed E-state index contributed by atoms with van der Waals surface area (Å²) in [5, 5.41) is 14.6. The van der Waals surface area contributed by atoms with Crippen LogP contribution in [0.15, 0.2) is 45.6 Å². The molecule has 0 saturated carbocycles. The van der Waals surface area contributed by atoms with Crippen molar-refractivity contribution in [1.29, 1.82) is 0 Å². The molecule has 2 N–H and O–H groups in total. The van der Waals surface area contributed by atoms with Crippen molar-refractivity contribution in [2.24, 2.45) is 5.92 Å². The lowest BCUT2D eigenvalue weighted by atomic mass is 9.72. The van der Waals surface area contributed by atoms with Crippen LogP contribution in [-0.2, 0) is 0 Å². The molecule has 1 fully saturated rings. The highest BCUT2D eigenvalue weighted by Gasteiger charge is 2.46. The van der Waals surface area contributed by atoms with Gasteiger partial charge in [0.05, 0.1) is 30.2 Å². The van der Waals surface area contributed by atoms with E-state index in [0.29, 0.717) is 6.42 Å². The average molecular weight is 289 g/mol. The second-order valence-corrected chi connectivity index (χ2v) is 6.18. The molecule has 4 atom stereocenters. The molecule has 3 heterocycles. The second-order valence-electron chi connectivity index (χ2n) is 6.18. The summed E-state index contributed by atoms with van der Waals surface area (Å²) in [4.78, 5) is 0. The summed E-state index contributed by atoms with van der Waals surface area (Å²) in [6, 6.07) is 7.70. The zero-order valence-electron chi connectivity index (χ0n) is 12.6. The molecule has 0 amide bonds. The van der Waals surface area contributed by atoms with Gasteiger partial charge in [0.15, 0.2) is 0 Å². The first kappa shape index (κ1) is 14.4. The molecule has 0 bridgehead atoms. The van der Waals surface area contributed by atoms with E-state index in [9.17, 15) is 5.11 Å². The molecule has 0 aromatic carbocycles. The van der Waals surface area contributed by atoms with Gasteiger partial charge >= 0.3 is 0 Å². The minimum absolute atomic E-state index is 0.00111. The van der Waals surface area contributed by atoms with E-state index in [1.807, 2.05) is 31.2 Å². The van der Waals surface area contributed by atoms with E-state index < -0.39 is 5.60 Å². The van der Waals surface area contributed by atoms with Gasteiger partial charge in [-0.2, -0.15) is 0 Å². The Balaban J connectivity index is 1.92. The zero-order chi connectivity index (χ0) is 14.9. The lowest BCUT2D eigenvalue weighted by Gasteiger charge is -2.45. The molecule has 1 aliphatic heterocycles. The minimum atomic E-state index is -0.754. The Hall–Kier alpha value is -1.52. The van der Waals surface area contributed by atoms with E-state index in [1.54, 1.807) is 12.5 Å². The summed E-state index contributed by atoms with van der Waals surface area (Å²) >= 11 is 0. The smallest absolute Gasteiger partial charge is 0.121 e. The van der Waals surface area contributed by atoms with Gasteiger partial charge in [0.2, 0.25) is 0 Å². The average Bonchev–Trinajstić information content (AvgIpc) is 3.13. The van der Waals surface area contributed by atoms with Crippen LogP contribution >= 0.6 is 0 Å². The molecule has 1 saturated heterocycles. The Labute approximate surface area is 125 Å². The Morgan fingerprint density at radius 2 is 1.90 bits per heavy atom. The third-order valence-electron chi connectivity index (χ3n) is 4.54. The number of rotatable bonds is 4. The maximum absolute atomic E-state index is 11.0. The zero-order valence-corrected chi connectivity index (χ0v) is 12.6. The lowest BCUT2D eigenvalue weighted by Crippen LogP contribution is -2.51. The van der Waals surface area contributed by atoms with Crippen molar-refractivity contribution in [2.45, 2.75) is 50.8 Å². The van der Waals surface area contributed by atoms with Gasteiger partial charge in [0.1, 0.15) is 11.5 Å². The van der Waals surface area contributed by atoms with Crippen molar-refractivity contribution < 1.29 is 13.9 Å². The van der Waals surface area contributed by atoms with Gasteiger partial charge in [-0.25, -0.2) is 0 Å². The van der Waals surface area contributed by atoms with Gasteiger partial charge in [0, 0.05) is 5.92 Å². The van der Waals surface area contributed by atoms with Gasteiger partial charge in [-0.15, -0.1) is 0 Å². The van der Waals surface area contributed by atoms with Gasteiger partial charge in [0.25, 0.3) is 0 Å². The first-order valence-corrected chi connectivity index (χ1v) is 7.67. The van der Waals surface area contributed by atoms with Crippen LogP contribution in [-0.4, -0.2) is 10.7 Å². The highest BCUT2D eigenvalue weighted by Crippen LogP contribution is 2.45. The van der Waals surface area contributed by atoms with Crippen molar-refractivity contribution in [3.8, 4) is 0 Å².